The van der Waals surface area contributed by atoms with Crippen molar-refractivity contribution in [1.29, 1.82) is 0 Å². The molecule has 0 saturated heterocycles. The molecule has 140 valence electrons. The zero-order chi connectivity index (χ0) is 19.2. The van der Waals surface area contributed by atoms with Crippen LogP contribution in [0.1, 0.15) is 11.3 Å². The first-order valence-corrected chi connectivity index (χ1v) is 11.6. The second kappa shape index (κ2) is 6.36. The van der Waals surface area contributed by atoms with Crippen molar-refractivity contribution in [3.8, 4) is 0 Å². The Kier molecular flexibility index (Phi) is 4.25. The Morgan fingerprint density at radius 3 is 2.59 bits per heavy atom. The van der Waals surface area contributed by atoms with E-state index in [4.69, 9.17) is 0 Å². The van der Waals surface area contributed by atoms with Gasteiger partial charge >= 0.3 is 0 Å². The van der Waals surface area contributed by atoms with E-state index in [1.165, 1.54) is 28.6 Å². The number of sulfonamides is 1. The molecule has 7 nitrogen and oxygen atoms in total. The quantitative estimate of drug-likeness (QED) is 0.661. The minimum Gasteiger partial charge on any atom is -0.264 e. The smallest absolute Gasteiger partial charge is 0.243 e. The lowest BCUT2D eigenvalue weighted by Crippen LogP contribution is -2.36. The molecule has 0 saturated carbocycles. The van der Waals surface area contributed by atoms with E-state index < -0.39 is 19.9 Å². The van der Waals surface area contributed by atoms with E-state index in [9.17, 15) is 16.8 Å². The monoisotopic (exact) mass is 403 g/mol. The highest BCUT2D eigenvalue weighted by molar-refractivity contribution is 7.91. The summed E-state index contributed by atoms with van der Waals surface area (Å²) in [6, 6.07) is 9.21. The molecule has 0 spiro atoms. The third-order valence-electron chi connectivity index (χ3n) is 4.60. The number of fused-ring (bicyclic) bond motifs is 2. The van der Waals surface area contributed by atoms with Crippen LogP contribution < -0.4 is 0 Å². The SMILES string of the molecule is CS(=O)(=O)c1cccc(S(=O)(=O)N2CCc3nc4ccncc4cc3C2)c1. The van der Waals surface area contributed by atoms with Crippen molar-refractivity contribution in [2.75, 3.05) is 12.8 Å². The van der Waals surface area contributed by atoms with Gasteiger partial charge in [0.25, 0.3) is 0 Å². The van der Waals surface area contributed by atoms with Crippen molar-refractivity contribution in [3.63, 3.8) is 0 Å². The lowest BCUT2D eigenvalue weighted by atomic mass is 10.1. The van der Waals surface area contributed by atoms with Gasteiger partial charge in [0.05, 0.1) is 15.3 Å². The van der Waals surface area contributed by atoms with Gasteiger partial charge in [-0.2, -0.15) is 4.31 Å². The number of sulfone groups is 1. The van der Waals surface area contributed by atoms with Crippen LogP contribution >= 0.6 is 0 Å². The van der Waals surface area contributed by atoms with E-state index in [1.54, 1.807) is 12.4 Å². The summed E-state index contributed by atoms with van der Waals surface area (Å²) in [6.07, 6.45) is 4.93. The van der Waals surface area contributed by atoms with Crippen LogP contribution in [0, 0.1) is 0 Å². The molecule has 0 radical (unpaired) electrons. The fraction of sp³-hybridized carbons (Fsp3) is 0.222. The van der Waals surface area contributed by atoms with Gasteiger partial charge in [0.15, 0.2) is 9.84 Å². The van der Waals surface area contributed by atoms with E-state index >= 15 is 0 Å². The third kappa shape index (κ3) is 3.33. The second-order valence-electron chi connectivity index (χ2n) is 6.50. The molecule has 0 aliphatic carbocycles. The van der Waals surface area contributed by atoms with E-state index in [0.29, 0.717) is 13.0 Å². The molecule has 1 aromatic carbocycles. The molecule has 0 unspecified atom stereocenters. The molecule has 2 aromatic heterocycles. The van der Waals surface area contributed by atoms with Crippen molar-refractivity contribution >= 4 is 30.8 Å². The summed E-state index contributed by atoms with van der Waals surface area (Å²) in [6.45, 7) is 0.487. The summed E-state index contributed by atoms with van der Waals surface area (Å²) >= 11 is 0. The first kappa shape index (κ1) is 18.0. The van der Waals surface area contributed by atoms with Gasteiger partial charge in [0.2, 0.25) is 10.0 Å². The van der Waals surface area contributed by atoms with E-state index in [1.807, 2.05) is 12.1 Å². The van der Waals surface area contributed by atoms with Crippen LogP contribution in [0.3, 0.4) is 0 Å². The van der Waals surface area contributed by atoms with Crippen LogP contribution in [0.25, 0.3) is 10.9 Å². The van der Waals surface area contributed by atoms with Gasteiger partial charge in [0, 0.05) is 49.2 Å². The van der Waals surface area contributed by atoms with Crippen LogP contribution in [0.15, 0.2) is 58.6 Å². The fourth-order valence-electron chi connectivity index (χ4n) is 3.17. The summed E-state index contributed by atoms with van der Waals surface area (Å²) in [4.78, 5) is 8.65. The Morgan fingerprint density at radius 2 is 1.81 bits per heavy atom. The second-order valence-corrected chi connectivity index (χ2v) is 10.5. The summed E-state index contributed by atoms with van der Waals surface area (Å²) in [5.41, 5.74) is 2.55. The molecule has 0 fully saturated rings. The minimum atomic E-state index is -3.82. The Bertz CT molecular complexity index is 1250. The third-order valence-corrected chi connectivity index (χ3v) is 7.55. The Morgan fingerprint density at radius 1 is 1.04 bits per heavy atom. The zero-order valence-corrected chi connectivity index (χ0v) is 16.2. The number of pyridine rings is 2. The fourth-order valence-corrected chi connectivity index (χ4v) is 5.38. The maximum Gasteiger partial charge on any atom is 0.243 e. The molecule has 9 heteroatoms. The summed E-state index contributed by atoms with van der Waals surface area (Å²) in [7, 11) is -7.30. The molecule has 0 atom stereocenters. The van der Waals surface area contributed by atoms with E-state index in [-0.39, 0.29) is 16.3 Å². The van der Waals surface area contributed by atoms with Crippen LogP contribution in [0.2, 0.25) is 0 Å². The van der Waals surface area contributed by atoms with Gasteiger partial charge in [-0.05, 0) is 35.9 Å². The highest BCUT2D eigenvalue weighted by atomic mass is 32.2. The molecule has 0 amide bonds. The maximum absolute atomic E-state index is 13.0. The van der Waals surface area contributed by atoms with Crippen LogP contribution in [0.5, 0.6) is 0 Å². The standard InChI is InChI=1S/C18H17N3O4S2/c1-26(22,23)15-3-2-4-16(10-15)27(24,25)21-8-6-18-14(12-21)9-13-11-19-7-5-17(13)20-18/h2-5,7,9-11H,6,8,12H2,1H3. The summed E-state index contributed by atoms with van der Waals surface area (Å²) in [5, 5.41) is 0.856. The first-order chi connectivity index (χ1) is 12.7. The van der Waals surface area contributed by atoms with Gasteiger partial charge in [-0.25, -0.2) is 16.8 Å². The van der Waals surface area contributed by atoms with E-state index in [2.05, 4.69) is 9.97 Å². The normalized spacial score (nSPS) is 15.6. The van der Waals surface area contributed by atoms with Crippen molar-refractivity contribution in [1.82, 2.24) is 14.3 Å². The zero-order valence-electron chi connectivity index (χ0n) is 14.5. The van der Waals surface area contributed by atoms with Crippen molar-refractivity contribution in [3.05, 3.63) is 60.0 Å². The lowest BCUT2D eigenvalue weighted by Gasteiger charge is -2.28. The van der Waals surface area contributed by atoms with Gasteiger partial charge in [-0.1, -0.05) is 6.07 Å². The van der Waals surface area contributed by atoms with Crippen LogP contribution in [-0.4, -0.2) is 43.9 Å². The van der Waals surface area contributed by atoms with Gasteiger partial charge in [0.1, 0.15) is 0 Å². The average Bonchev–Trinajstić information content (AvgIpc) is 2.65. The Hall–Kier alpha value is -2.36. The van der Waals surface area contributed by atoms with Crippen LogP contribution in [0.4, 0.5) is 0 Å². The largest absolute Gasteiger partial charge is 0.264 e. The van der Waals surface area contributed by atoms with Crippen LogP contribution in [-0.2, 0) is 32.8 Å². The average molecular weight is 403 g/mol. The van der Waals surface area contributed by atoms with Gasteiger partial charge in [-0.15, -0.1) is 0 Å². The topological polar surface area (TPSA) is 97.3 Å². The molecule has 3 heterocycles. The number of rotatable bonds is 3. The molecule has 27 heavy (non-hydrogen) atoms. The number of aromatic nitrogens is 2. The Labute approximate surface area is 157 Å². The lowest BCUT2D eigenvalue weighted by molar-refractivity contribution is 0.388. The first-order valence-electron chi connectivity index (χ1n) is 8.28. The molecular formula is C18H17N3O4S2. The molecule has 3 aromatic rings. The van der Waals surface area contributed by atoms with Crippen molar-refractivity contribution in [2.24, 2.45) is 0 Å². The number of hydrogen-bond donors (Lipinski definition) is 0. The number of nitrogens with zero attached hydrogens (tertiary/aromatic N) is 3. The highest BCUT2D eigenvalue weighted by Crippen LogP contribution is 2.27. The van der Waals surface area contributed by atoms with Crippen molar-refractivity contribution < 1.29 is 16.8 Å². The molecule has 0 N–H and O–H groups in total. The predicted molar refractivity (Wildman–Crippen MR) is 100 cm³/mol. The molecule has 0 bridgehead atoms. The molecule has 4 rings (SSSR count). The number of hydrogen-bond acceptors (Lipinski definition) is 6. The maximum atomic E-state index is 13.0. The Balaban J connectivity index is 1.71. The van der Waals surface area contributed by atoms with Gasteiger partial charge in [-0.3, -0.25) is 9.97 Å². The molecule has 1 aliphatic rings. The highest BCUT2D eigenvalue weighted by Gasteiger charge is 2.29. The van der Waals surface area contributed by atoms with Gasteiger partial charge < -0.3 is 0 Å². The molecular weight excluding hydrogens is 386 g/mol. The van der Waals surface area contributed by atoms with Crippen molar-refractivity contribution in [2.45, 2.75) is 22.8 Å². The summed E-state index contributed by atoms with van der Waals surface area (Å²) in [5.74, 6) is 0. The minimum absolute atomic E-state index is 0.0141. The van der Waals surface area contributed by atoms with E-state index in [0.717, 1.165) is 28.4 Å². The summed E-state index contributed by atoms with van der Waals surface area (Å²) < 4.78 is 50.9. The molecule has 1 aliphatic heterocycles. The number of benzene rings is 1. The predicted octanol–water partition coefficient (Wildman–Crippen LogP) is 1.78.